The van der Waals surface area contributed by atoms with Crippen molar-refractivity contribution in [1.29, 1.82) is 0 Å². The van der Waals surface area contributed by atoms with Crippen molar-refractivity contribution in [3.8, 4) is 0 Å². The first kappa shape index (κ1) is 15.8. The Balaban J connectivity index is 1.92. The molecule has 0 unspecified atom stereocenters. The molecule has 1 aliphatic heterocycles. The van der Waals surface area contributed by atoms with E-state index in [1.54, 1.807) is 23.3 Å². The summed E-state index contributed by atoms with van der Waals surface area (Å²) in [6.45, 7) is 0.646. The second-order valence-corrected chi connectivity index (χ2v) is 7.84. The van der Waals surface area contributed by atoms with E-state index in [4.69, 9.17) is 4.42 Å². The van der Waals surface area contributed by atoms with Crippen LogP contribution < -0.4 is 0 Å². The first-order valence-electron chi connectivity index (χ1n) is 7.61. The number of piperidine rings is 1. The van der Waals surface area contributed by atoms with Crippen molar-refractivity contribution < 1.29 is 17.6 Å². The molecule has 1 aromatic heterocycles. The highest BCUT2D eigenvalue weighted by Gasteiger charge is 2.30. The molecule has 1 fully saturated rings. The monoisotopic (exact) mass is 333 g/mol. The van der Waals surface area contributed by atoms with Crippen molar-refractivity contribution in [2.45, 2.75) is 30.2 Å². The van der Waals surface area contributed by atoms with Crippen LogP contribution in [0.25, 0.3) is 0 Å². The zero-order valence-electron chi connectivity index (χ0n) is 12.9. The van der Waals surface area contributed by atoms with Crippen molar-refractivity contribution in [2.75, 3.05) is 12.8 Å². The molecule has 122 valence electrons. The van der Waals surface area contributed by atoms with Gasteiger partial charge in [0, 0.05) is 18.4 Å². The Morgan fingerprint density at radius 3 is 2.74 bits per heavy atom. The van der Waals surface area contributed by atoms with Gasteiger partial charge in [0.25, 0.3) is 5.91 Å². The van der Waals surface area contributed by atoms with Crippen LogP contribution in [0.3, 0.4) is 0 Å². The van der Waals surface area contributed by atoms with Gasteiger partial charge < -0.3 is 9.32 Å². The van der Waals surface area contributed by atoms with Gasteiger partial charge in [-0.05, 0) is 49.6 Å². The summed E-state index contributed by atoms with van der Waals surface area (Å²) in [5, 5.41) is 0. The molecule has 0 N–H and O–H groups in total. The van der Waals surface area contributed by atoms with E-state index in [0.717, 1.165) is 31.3 Å². The summed E-state index contributed by atoms with van der Waals surface area (Å²) < 4.78 is 28.9. The molecule has 1 amide bonds. The van der Waals surface area contributed by atoms with Gasteiger partial charge in [0.2, 0.25) is 0 Å². The number of amides is 1. The van der Waals surface area contributed by atoms with Gasteiger partial charge >= 0.3 is 0 Å². The fourth-order valence-electron chi connectivity index (χ4n) is 2.98. The van der Waals surface area contributed by atoms with Crippen LogP contribution in [0.1, 0.15) is 41.4 Å². The number of hydrogen-bond donors (Lipinski definition) is 0. The van der Waals surface area contributed by atoms with Crippen LogP contribution in [-0.2, 0) is 9.84 Å². The number of carbonyl (C=O) groups is 1. The zero-order chi connectivity index (χ0) is 16.4. The molecule has 0 bridgehead atoms. The number of hydrogen-bond acceptors (Lipinski definition) is 4. The van der Waals surface area contributed by atoms with Crippen LogP contribution >= 0.6 is 0 Å². The standard InChI is InChI=1S/C17H19NO4S/c1-23(20,21)14-7-4-6-13(12-14)17(19)18-10-3-2-8-15(18)16-9-5-11-22-16/h4-7,9,11-12,15H,2-3,8,10H2,1H3/t15-/m1/s1. The zero-order valence-corrected chi connectivity index (χ0v) is 13.8. The molecule has 0 spiro atoms. The van der Waals surface area contributed by atoms with Gasteiger partial charge in [0.1, 0.15) is 5.76 Å². The van der Waals surface area contributed by atoms with Gasteiger partial charge in [-0.15, -0.1) is 0 Å². The molecule has 0 saturated carbocycles. The largest absolute Gasteiger partial charge is 0.467 e. The first-order chi connectivity index (χ1) is 11.0. The molecule has 1 atom stereocenters. The fraction of sp³-hybridized carbons (Fsp3) is 0.353. The Kier molecular flexibility index (Phi) is 4.26. The molecule has 0 aliphatic carbocycles. The molecule has 6 heteroatoms. The van der Waals surface area contributed by atoms with E-state index in [1.807, 2.05) is 12.1 Å². The smallest absolute Gasteiger partial charge is 0.254 e. The van der Waals surface area contributed by atoms with Gasteiger partial charge in [0.05, 0.1) is 17.2 Å². The molecule has 2 aromatic rings. The predicted molar refractivity (Wildman–Crippen MR) is 85.9 cm³/mol. The summed E-state index contributed by atoms with van der Waals surface area (Å²) in [6, 6.07) is 9.83. The molecular weight excluding hydrogens is 314 g/mol. The highest BCUT2D eigenvalue weighted by atomic mass is 32.2. The van der Waals surface area contributed by atoms with Crippen LogP contribution in [0.15, 0.2) is 52.0 Å². The lowest BCUT2D eigenvalue weighted by atomic mass is 9.99. The first-order valence-corrected chi connectivity index (χ1v) is 9.50. The summed E-state index contributed by atoms with van der Waals surface area (Å²) in [4.78, 5) is 14.8. The maximum Gasteiger partial charge on any atom is 0.254 e. The molecule has 3 rings (SSSR count). The third-order valence-electron chi connectivity index (χ3n) is 4.14. The van der Waals surface area contributed by atoms with Crippen molar-refractivity contribution in [1.82, 2.24) is 4.90 Å². The molecule has 1 saturated heterocycles. The summed E-state index contributed by atoms with van der Waals surface area (Å²) in [7, 11) is -3.34. The van der Waals surface area contributed by atoms with Crippen LogP contribution in [0.2, 0.25) is 0 Å². The maximum atomic E-state index is 12.9. The summed E-state index contributed by atoms with van der Waals surface area (Å²) in [5.74, 6) is 0.619. The highest BCUT2D eigenvalue weighted by molar-refractivity contribution is 7.90. The topological polar surface area (TPSA) is 67.6 Å². The third kappa shape index (κ3) is 3.32. The Hall–Kier alpha value is -2.08. The fourth-order valence-corrected chi connectivity index (χ4v) is 3.64. The van der Waals surface area contributed by atoms with Gasteiger partial charge in [-0.2, -0.15) is 0 Å². The average molecular weight is 333 g/mol. The van der Waals surface area contributed by atoms with E-state index in [0.29, 0.717) is 12.1 Å². The Bertz CT molecular complexity index is 796. The molecular formula is C17H19NO4S. The van der Waals surface area contributed by atoms with Gasteiger partial charge in [-0.3, -0.25) is 4.79 Å². The Morgan fingerprint density at radius 2 is 2.04 bits per heavy atom. The molecule has 0 radical (unpaired) electrons. The predicted octanol–water partition coefficient (Wildman–Crippen LogP) is 3.05. The van der Waals surface area contributed by atoms with Crippen molar-refractivity contribution in [3.63, 3.8) is 0 Å². The van der Waals surface area contributed by atoms with E-state index < -0.39 is 9.84 Å². The number of furan rings is 1. The molecule has 1 aromatic carbocycles. The highest BCUT2D eigenvalue weighted by Crippen LogP contribution is 2.32. The second kappa shape index (κ2) is 6.20. The van der Waals surface area contributed by atoms with E-state index in [2.05, 4.69) is 0 Å². The summed E-state index contributed by atoms with van der Waals surface area (Å²) in [6.07, 6.45) is 5.58. The van der Waals surface area contributed by atoms with Gasteiger partial charge in [0.15, 0.2) is 9.84 Å². The van der Waals surface area contributed by atoms with Crippen LogP contribution in [0, 0.1) is 0 Å². The number of benzene rings is 1. The number of sulfone groups is 1. The van der Waals surface area contributed by atoms with Crippen molar-refractivity contribution >= 4 is 15.7 Å². The minimum absolute atomic E-state index is 0.0897. The molecule has 1 aliphatic rings. The van der Waals surface area contributed by atoms with E-state index in [-0.39, 0.29) is 16.8 Å². The molecule has 5 nitrogen and oxygen atoms in total. The van der Waals surface area contributed by atoms with Crippen molar-refractivity contribution in [2.24, 2.45) is 0 Å². The molecule has 2 heterocycles. The van der Waals surface area contributed by atoms with Crippen molar-refractivity contribution in [3.05, 3.63) is 54.0 Å². The SMILES string of the molecule is CS(=O)(=O)c1cccc(C(=O)N2CCCC[C@@H]2c2ccco2)c1. The second-order valence-electron chi connectivity index (χ2n) is 5.83. The van der Waals surface area contributed by atoms with Crippen LogP contribution in [-0.4, -0.2) is 32.0 Å². The normalized spacial score (nSPS) is 18.8. The number of carbonyl (C=O) groups excluding carboxylic acids is 1. The van der Waals surface area contributed by atoms with E-state index >= 15 is 0 Å². The maximum absolute atomic E-state index is 12.9. The number of nitrogens with zero attached hydrogens (tertiary/aromatic N) is 1. The van der Waals surface area contributed by atoms with E-state index in [1.165, 1.54) is 12.1 Å². The lowest BCUT2D eigenvalue weighted by Crippen LogP contribution is -2.38. The lowest BCUT2D eigenvalue weighted by Gasteiger charge is -2.34. The summed E-state index contributed by atoms with van der Waals surface area (Å²) in [5.41, 5.74) is 0.395. The summed E-state index contributed by atoms with van der Waals surface area (Å²) >= 11 is 0. The molecule has 23 heavy (non-hydrogen) atoms. The third-order valence-corrected chi connectivity index (χ3v) is 5.25. The Labute approximate surface area is 135 Å². The van der Waals surface area contributed by atoms with E-state index in [9.17, 15) is 13.2 Å². The van der Waals surface area contributed by atoms with Gasteiger partial charge in [-0.1, -0.05) is 6.07 Å². The minimum atomic E-state index is -3.34. The lowest BCUT2D eigenvalue weighted by molar-refractivity contribution is 0.0580. The number of rotatable bonds is 3. The Morgan fingerprint density at radius 1 is 1.22 bits per heavy atom. The number of likely N-dealkylation sites (tertiary alicyclic amines) is 1. The quantitative estimate of drug-likeness (QED) is 0.866. The average Bonchev–Trinajstić information content (AvgIpc) is 3.08. The minimum Gasteiger partial charge on any atom is -0.467 e. The van der Waals surface area contributed by atoms with Gasteiger partial charge in [-0.25, -0.2) is 8.42 Å². The van der Waals surface area contributed by atoms with Crippen LogP contribution in [0.5, 0.6) is 0 Å². The van der Waals surface area contributed by atoms with Crippen LogP contribution in [0.4, 0.5) is 0 Å².